The molecule has 0 spiro atoms. The van der Waals surface area contributed by atoms with Gasteiger partial charge in [0.25, 0.3) is 0 Å². The lowest BCUT2D eigenvalue weighted by Crippen LogP contribution is -2.39. The van der Waals surface area contributed by atoms with Crippen LogP contribution in [-0.4, -0.2) is 40.7 Å². The zero-order valence-electron chi connectivity index (χ0n) is 12.7. The quantitative estimate of drug-likeness (QED) is 0.832. The van der Waals surface area contributed by atoms with Crippen LogP contribution in [0.2, 0.25) is 5.02 Å². The predicted molar refractivity (Wildman–Crippen MR) is 86.3 cm³/mol. The second-order valence-electron chi connectivity index (χ2n) is 5.65. The van der Waals surface area contributed by atoms with Crippen LogP contribution in [0, 0.1) is 0 Å². The van der Waals surface area contributed by atoms with Gasteiger partial charge in [-0.3, -0.25) is 4.90 Å². The number of ether oxygens (including phenoxy) is 1. The molecule has 0 bridgehead atoms. The number of benzene rings is 1. The third kappa shape index (κ3) is 3.84. The van der Waals surface area contributed by atoms with Crippen LogP contribution in [0.15, 0.2) is 29.1 Å². The van der Waals surface area contributed by atoms with Gasteiger partial charge in [0.15, 0.2) is 12.2 Å². The largest absolute Gasteiger partial charge is 0.484 e. The van der Waals surface area contributed by atoms with Gasteiger partial charge in [-0.1, -0.05) is 17.7 Å². The summed E-state index contributed by atoms with van der Waals surface area (Å²) >= 11 is 6.49. The summed E-state index contributed by atoms with van der Waals surface area (Å²) in [5, 5.41) is 10.3. The van der Waals surface area contributed by atoms with Gasteiger partial charge in [-0.2, -0.15) is 0 Å². The maximum atomic E-state index is 9.69. The first-order valence-electron chi connectivity index (χ1n) is 7.58. The predicted octanol–water partition coefficient (Wildman–Crippen LogP) is 1.58. The van der Waals surface area contributed by atoms with E-state index in [2.05, 4.69) is 9.88 Å². The number of nitrogens with two attached hydrogens (primary N) is 1. The van der Waals surface area contributed by atoms with Crippen molar-refractivity contribution in [1.82, 2.24) is 9.88 Å². The van der Waals surface area contributed by atoms with Crippen LogP contribution in [0.3, 0.4) is 0 Å². The Hall–Kier alpha value is -1.60. The first-order valence-corrected chi connectivity index (χ1v) is 7.96. The molecule has 0 saturated carbocycles. The summed E-state index contributed by atoms with van der Waals surface area (Å²) in [7, 11) is 0. The molecule has 23 heavy (non-hydrogen) atoms. The van der Waals surface area contributed by atoms with E-state index in [1.54, 1.807) is 6.20 Å². The van der Waals surface area contributed by atoms with E-state index in [4.69, 9.17) is 26.5 Å². The van der Waals surface area contributed by atoms with E-state index in [1.807, 2.05) is 12.1 Å². The molecule has 0 radical (unpaired) electrons. The molecule has 0 aliphatic carbocycles. The third-order valence-electron chi connectivity index (χ3n) is 3.97. The maximum absolute atomic E-state index is 9.69. The van der Waals surface area contributed by atoms with Crippen LogP contribution in [0.5, 0.6) is 5.75 Å². The van der Waals surface area contributed by atoms with Crippen LogP contribution < -0.4 is 10.5 Å². The molecule has 2 heterocycles. The first kappa shape index (κ1) is 16.3. The standard InChI is InChI=1S/C16H20ClN3O3/c17-16-14-3-4-20(8-12(21)5-18)7-11(14)1-2-15(16)22-9-13-6-19-10-23-13/h1-2,6,10,12,21H,3-5,7-9,18H2/t12-/m0/s1. The lowest BCUT2D eigenvalue weighted by Gasteiger charge is -2.31. The number of hydrogen-bond acceptors (Lipinski definition) is 6. The van der Waals surface area contributed by atoms with Crippen LogP contribution in [0.25, 0.3) is 0 Å². The zero-order valence-corrected chi connectivity index (χ0v) is 13.5. The summed E-state index contributed by atoms with van der Waals surface area (Å²) in [5.74, 6) is 1.30. The van der Waals surface area contributed by atoms with Crippen LogP contribution in [-0.2, 0) is 19.6 Å². The number of hydrogen-bond donors (Lipinski definition) is 2. The number of aliphatic hydroxyl groups excluding tert-OH is 1. The van der Waals surface area contributed by atoms with Gasteiger partial charge in [-0.15, -0.1) is 0 Å². The van der Waals surface area contributed by atoms with Gasteiger partial charge >= 0.3 is 0 Å². The normalized spacial score (nSPS) is 16.1. The molecule has 7 heteroatoms. The Kier molecular flexibility index (Phi) is 5.17. The summed E-state index contributed by atoms with van der Waals surface area (Å²) in [6.07, 6.45) is 3.33. The number of oxazole rings is 1. The fourth-order valence-corrected chi connectivity index (χ4v) is 3.08. The van der Waals surface area contributed by atoms with E-state index >= 15 is 0 Å². The third-order valence-corrected chi connectivity index (χ3v) is 4.39. The molecule has 0 saturated heterocycles. The lowest BCUT2D eigenvalue weighted by molar-refractivity contribution is 0.111. The molecule has 1 aliphatic rings. The number of β-amino-alcohol motifs (C(OH)–C–C–N with tert-alkyl or cyclic N) is 1. The molecule has 1 aromatic carbocycles. The molecule has 0 amide bonds. The van der Waals surface area contributed by atoms with Crippen molar-refractivity contribution in [2.45, 2.75) is 25.7 Å². The van der Waals surface area contributed by atoms with Crippen molar-refractivity contribution in [3.8, 4) is 5.75 Å². The summed E-state index contributed by atoms with van der Waals surface area (Å²) in [6.45, 7) is 2.76. The summed E-state index contributed by atoms with van der Waals surface area (Å²) in [5.41, 5.74) is 7.75. The Morgan fingerprint density at radius 1 is 1.48 bits per heavy atom. The number of halogens is 1. The average molecular weight is 338 g/mol. The molecule has 0 unspecified atom stereocenters. The van der Waals surface area contributed by atoms with Crippen LogP contribution in [0.4, 0.5) is 0 Å². The SMILES string of the molecule is NC[C@H](O)CN1CCc2c(ccc(OCc3cnco3)c2Cl)C1. The molecule has 3 N–H and O–H groups in total. The van der Waals surface area contributed by atoms with Crippen molar-refractivity contribution in [2.24, 2.45) is 5.73 Å². The fraction of sp³-hybridized carbons (Fsp3) is 0.438. The molecular weight excluding hydrogens is 318 g/mol. The number of rotatable bonds is 6. The molecule has 124 valence electrons. The maximum Gasteiger partial charge on any atom is 0.181 e. The molecule has 1 atom stereocenters. The number of nitrogens with zero attached hydrogens (tertiary/aromatic N) is 2. The Bertz CT molecular complexity index is 648. The second-order valence-corrected chi connectivity index (χ2v) is 6.02. The van der Waals surface area contributed by atoms with Crippen molar-refractivity contribution >= 4 is 11.6 Å². The monoisotopic (exact) mass is 337 g/mol. The average Bonchev–Trinajstić information content (AvgIpc) is 3.07. The van der Waals surface area contributed by atoms with E-state index in [9.17, 15) is 5.11 Å². The van der Waals surface area contributed by atoms with Gasteiger partial charge in [0.2, 0.25) is 0 Å². The summed E-state index contributed by atoms with van der Waals surface area (Å²) in [4.78, 5) is 6.04. The highest BCUT2D eigenvalue weighted by Crippen LogP contribution is 2.34. The minimum absolute atomic E-state index is 0.276. The highest BCUT2D eigenvalue weighted by molar-refractivity contribution is 6.33. The van der Waals surface area contributed by atoms with E-state index < -0.39 is 6.10 Å². The molecule has 3 rings (SSSR count). The minimum Gasteiger partial charge on any atom is -0.484 e. The Morgan fingerprint density at radius 3 is 3.09 bits per heavy atom. The highest BCUT2D eigenvalue weighted by atomic mass is 35.5. The summed E-state index contributed by atoms with van der Waals surface area (Å²) < 4.78 is 10.9. The molecule has 6 nitrogen and oxygen atoms in total. The van der Waals surface area contributed by atoms with Gasteiger partial charge in [0.1, 0.15) is 12.4 Å². The van der Waals surface area contributed by atoms with Gasteiger partial charge in [-0.25, -0.2) is 4.98 Å². The first-order chi connectivity index (χ1) is 11.2. The molecule has 0 fully saturated rings. The van der Waals surface area contributed by atoms with E-state index in [-0.39, 0.29) is 6.54 Å². The zero-order chi connectivity index (χ0) is 16.2. The highest BCUT2D eigenvalue weighted by Gasteiger charge is 2.22. The van der Waals surface area contributed by atoms with Crippen molar-refractivity contribution in [1.29, 1.82) is 0 Å². The lowest BCUT2D eigenvalue weighted by atomic mass is 9.99. The molecule has 1 aromatic heterocycles. The van der Waals surface area contributed by atoms with Gasteiger partial charge in [0, 0.05) is 26.2 Å². The minimum atomic E-state index is -0.489. The van der Waals surface area contributed by atoms with Gasteiger partial charge in [0.05, 0.1) is 17.3 Å². The van der Waals surface area contributed by atoms with Crippen LogP contribution >= 0.6 is 11.6 Å². The Labute approximate surface area is 139 Å². The fourth-order valence-electron chi connectivity index (χ4n) is 2.75. The van der Waals surface area contributed by atoms with Crippen molar-refractivity contribution in [2.75, 3.05) is 19.6 Å². The van der Waals surface area contributed by atoms with Crippen molar-refractivity contribution in [3.05, 3.63) is 46.6 Å². The van der Waals surface area contributed by atoms with Crippen LogP contribution in [0.1, 0.15) is 16.9 Å². The van der Waals surface area contributed by atoms with E-state index in [1.165, 1.54) is 6.39 Å². The van der Waals surface area contributed by atoms with Crippen molar-refractivity contribution < 1.29 is 14.3 Å². The number of aliphatic hydroxyl groups is 1. The molecular formula is C16H20ClN3O3. The number of fused-ring (bicyclic) bond motifs is 1. The Balaban J connectivity index is 1.68. The Morgan fingerprint density at radius 2 is 2.35 bits per heavy atom. The van der Waals surface area contributed by atoms with E-state index in [0.717, 1.165) is 30.6 Å². The van der Waals surface area contributed by atoms with E-state index in [0.29, 0.717) is 29.7 Å². The molecule has 2 aromatic rings. The second kappa shape index (κ2) is 7.31. The van der Waals surface area contributed by atoms with Crippen molar-refractivity contribution in [3.63, 3.8) is 0 Å². The van der Waals surface area contributed by atoms with Gasteiger partial charge in [-0.05, 0) is 23.6 Å². The van der Waals surface area contributed by atoms with Gasteiger partial charge < -0.3 is 20.0 Å². The summed E-state index contributed by atoms with van der Waals surface area (Å²) in [6, 6.07) is 3.90. The molecule has 1 aliphatic heterocycles. The number of aromatic nitrogens is 1. The topological polar surface area (TPSA) is 84.8 Å². The smallest absolute Gasteiger partial charge is 0.181 e.